The molecular weight excluding hydrogens is 408 g/mol. The van der Waals surface area contributed by atoms with Crippen LogP contribution in [0.2, 0.25) is 0 Å². The quantitative estimate of drug-likeness (QED) is 0.652. The molecule has 0 bridgehead atoms. The molecule has 0 spiro atoms. The summed E-state index contributed by atoms with van der Waals surface area (Å²) in [5.41, 5.74) is -0.199. The molecule has 0 aromatic heterocycles. The van der Waals surface area contributed by atoms with E-state index in [9.17, 15) is 22.8 Å². The number of urea groups is 1. The molecule has 1 saturated carbocycles. The first-order chi connectivity index (χ1) is 14.2. The van der Waals surface area contributed by atoms with E-state index in [4.69, 9.17) is 0 Å². The van der Waals surface area contributed by atoms with Crippen LogP contribution in [-0.2, 0) is 25.4 Å². The maximum Gasteiger partial charge on any atom is 0.325 e. The summed E-state index contributed by atoms with van der Waals surface area (Å²) in [7, 11) is -3.48. The maximum absolute atomic E-state index is 12.7. The molecule has 2 saturated heterocycles. The number of benzene rings is 1. The molecule has 1 N–H and O–H groups in total. The lowest BCUT2D eigenvalue weighted by molar-refractivity contribution is -0.139. The molecule has 1 atom stereocenters. The molecule has 3 aliphatic rings. The van der Waals surface area contributed by atoms with Gasteiger partial charge in [-0.05, 0) is 31.2 Å². The van der Waals surface area contributed by atoms with Gasteiger partial charge in [0.05, 0.1) is 5.75 Å². The van der Waals surface area contributed by atoms with E-state index in [1.54, 1.807) is 31.2 Å². The van der Waals surface area contributed by atoms with Crippen LogP contribution in [0.15, 0.2) is 30.3 Å². The van der Waals surface area contributed by atoms with Crippen molar-refractivity contribution in [2.24, 2.45) is 5.92 Å². The first kappa shape index (κ1) is 20.8. The van der Waals surface area contributed by atoms with Crippen molar-refractivity contribution >= 4 is 27.9 Å². The molecule has 2 aliphatic heterocycles. The highest BCUT2D eigenvalue weighted by molar-refractivity contribution is 7.88. The molecule has 4 amide bonds. The van der Waals surface area contributed by atoms with Gasteiger partial charge in [0.1, 0.15) is 12.1 Å². The van der Waals surface area contributed by atoms with Crippen LogP contribution in [0.3, 0.4) is 0 Å². The summed E-state index contributed by atoms with van der Waals surface area (Å²) >= 11 is 0. The van der Waals surface area contributed by atoms with Gasteiger partial charge in [0.2, 0.25) is 15.9 Å². The predicted molar refractivity (Wildman–Crippen MR) is 109 cm³/mol. The molecule has 162 valence electrons. The summed E-state index contributed by atoms with van der Waals surface area (Å²) in [5.74, 6) is -0.650. The number of hydrogen-bond acceptors (Lipinski definition) is 5. The van der Waals surface area contributed by atoms with Crippen molar-refractivity contribution in [3.05, 3.63) is 35.9 Å². The lowest BCUT2D eigenvalue weighted by Crippen LogP contribution is -2.53. The van der Waals surface area contributed by atoms with Gasteiger partial charge in [0.25, 0.3) is 5.91 Å². The average Bonchev–Trinajstić information content (AvgIpc) is 3.54. The minimum Gasteiger partial charge on any atom is -0.338 e. The summed E-state index contributed by atoms with van der Waals surface area (Å²) in [6.07, 6.45) is 1.79. The van der Waals surface area contributed by atoms with E-state index in [0.29, 0.717) is 5.56 Å². The third-order valence-corrected chi connectivity index (χ3v) is 8.02. The smallest absolute Gasteiger partial charge is 0.325 e. The fourth-order valence-corrected chi connectivity index (χ4v) is 5.64. The van der Waals surface area contributed by atoms with Gasteiger partial charge in [-0.25, -0.2) is 13.2 Å². The molecule has 3 fully saturated rings. The number of imide groups is 1. The summed E-state index contributed by atoms with van der Waals surface area (Å²) in [6, 6.07) is 8.43. The molecular formula is C20H26N4O5S. The second-order valence-corrected chi connectivity index (χ2v) is 10.3. The Morgan fingerprint density at radius 2 is 1.73 bits per heavy atom. The van der Waals surface area contributed by atoms with Gasteiger partial charge in [-0.3, -0.25) is 14.5 Å². The first-order valence-electron chi connectivity index (χ1n) is 10.1. The molecule has 1 aromatic rings. The third kappa shape index (κ3) is 3.93. The van der Waals surface area contributed by atoms with E-state index in [1.165, 1.54) is 9.21 Å². The van der Waals surface area contributed by atoms with Crippen LogP contribution in [0.4, 0.5) is 4.79 Å². The van der Waals surface area contributed by atoms with E-state index in [-0.39, 0.29) is 56.2 Å². The van der Waals surface area contributed by atoms with Crippen LogP contribution in [0.5, 0.6) is 0 Å². The Kier molecular flexibility index (Phi) is 5.31. The Bertz CT molecular complexity index is 955. The molecule has 1 aromatic carbocycles. The fraction of sp³-hybridized carbons (Fsp3) is 0.550. The normalized spacial score (nSPS) is 25.5. The highest BCUT2D eigenvalue weighted by Gasteiger charge is 2.56. The monoisotopic (exact) mass is 434 g/mol. The topological polar surface area (TPSA) is 107 Å². The second kappa shape index (κ2) is 7.66. The van der Waals surface area contributed by atoms with Gasteiger partial charge in [0, 0.05) is 26.2 Å². The molecule has 4 rings (SSSR count). The molecule has 9 nitrogen and oxygen atoms in total. The lowest BCUT2D eigenvalue weighted by atomic mass is 9.96. The van der Waals surface area contributed by atoms with Crippen molar-refractivity contribution in [3.63, 3.8) is 0 Å². The summed E-state index contributed by atoms with van der Waals surface area (Å²) in [6.45, 7) is 2.25. The number of hydrogen-bond donors (Lipinski definition) is 1. The second-order valence-electron chi connectivity index (χ2n) is 8.32. The predicted octanol–water partition coefficient (Wildman–Crippen LogP) is 0.381. The SMILES string of the molecule is C[C@]1(C2CC2)NC(=O)N(CC(=O)N2CCN(S(=O)(=O)Cc3ccccc3)CC2)C1=O. The maximum atomic E-state index is 12.7. The average molecular weight is 435 g/mol. The molecule has 30 heavy (non-hydrogen) atoms. The summed E-state index contributed by atoms with van der Waals surface area (Å²) < 4.78 is 26.7. The number of nitrogens with one attached hydrogen (secondary N) is 1. The number of piperazine rings is 1. The van der Waals surface area contributed by atoms with E-state index in [0.717, 1.165) is 17.7 Å². The van der Waals surface area contributed by atoms with E-state index < -0.39 is 21.6 Å². The molecule has 10 heteroatoms. The van der Waals surface area contributed by atoms with Crippen LogP contribution in [0.1, 0.15) is 25.3 Å². The van der Waals surface area contributed by atoms with Crippen LogP contribution >= 0.6 is 0 Å². The Hall–Kier alpha value is -2.46. The van der Waals surface area contributed by atoms with Crippen molar-refractivity contribution in [1.29, 1.82) is 0 Å². The van der Waals surface area contributed by atoms with Gasteiger partial charge >= 0.3 is 6.03 Å². The van der Waals surface area contributed by atoms with Crippen LogP contribution < -0.4 is 5.32 Å². The standard InChI is InChI=1S/C20H26N4O5S/c1-20(16-7-8-16)18(26)24(19(27)21-20)13-17(25)22-9-11-23(12-10-22)30(28,29)14-15-5-3-2-4-6-15/h2-6,16H,7-14H2,1H3,(H,21,27)/t20-/m1/s1. The van der Waals surface area contributed by atoms with Crippen LogP contribution in [0.25, 0.3) is 0 Å². The Balaban J connectivity index is 1.32. The van der Waals surface area contributed by atoms with E-state index >= 15 is 0 Å². The minimum absolute atomic E-state index is 0.0794. The zero-order valence-electron chi connectivity index (χ0n) is 16.9. The number of nitrogens with zero attached hydrogens (tertiary/aromatic N) is 3. The zero-order chi connectivity index (χ0) is 21.5. The number of amides is 4. The van der Waals surface area contributed by atoms with Gasteiger partial charge < -0.3 is 10.2 Å². The van der Waals surface area contributed by atoms with Crippen LogP contribution in [-0.4, -0.2) is 78.6 Å². The largest absolute Gasteiger partial charge is 0.338 e. The molecule has 2 heterocycles. The number of carbonyl (C=O) groups is 3. The van der Waals surface area contributed by atoms with Crippen molar-refractivity contribution in [2.75, 3.05) is 32.7 Å². The zero-order valence-corrected chi connectivity index (χ0v) is 17.7. The van der Waals surface area contributed by atoms with Gasteiger partial charge in [-0.2, -0.15) is 4.31 Å². The van der Waals surface area contributed by atoms with Crippen molar-refractivity contribution in [3.8, 4) is 0 Å². The van der Waals surface area contributed by atoms with Crippen molar-refractivity contribution in [2.45, 2.75) is 31.1 Å². The first-order valence-corrected chi connectivity index (χ1v) is 11.8. The molecule has 1 aliphatic carbocycles. The van der Waals surface area contributed by atoms with E-state index in [1.807, 2.05) is 6.07 Å². The summed E-state index contributed by atoms with van der Waals surface area (Å²) in [5, 5.41) is 2.73. The third-order valence-electron chi connectivity index (χ3n) is 6.17. The van der Waals surface area contributed by atoms with Crippen LogP contribution in [0, 0.1) is 5.92 Å². The van der Waals surface area contributed by atoms with Crippen molar-refractivity contribution < 1.29 is 22.8 Å². The number of carbonyl (C=O) groups excluding carboxylic acids is 3. The fourth-order valence-electron chi connectivity index (χ4n) is 4.12. The Morgan fingerprint density at radius 1 is 1.10 bits per heavy atom. The lowest BCUT2D eigenvalue weighted by Gasteiger charge is -2.34. The highest BCUT2D eigenvalue weighted by atomic mass is 32.2. The Morgan fingerprint density at radius 3 is 2.33 bits per heavy atom. The van der Waals surface area contributed by atoms with Gasteiger partial charge in [-0.15, -0.1) is 0 Å². The van der Waals surface area contributed by atoms with Gasteiger partial charge in [-0.1, -0.05) is 30.3 Å². The summed E-state index contributed by atoms with van der Waals surface area (Å²) in [4.78, 5) is 40.1. The number of rotatable bonds is 6. The van der Waals surface area contributed by atoms with Crippen molar-refractivity contribution in [1.82, 2.24) is 19.4 Å². The van der Waals surface area contributed by atoms with E-state index in [2.05, 4.69) is 5.32 Å². The Labute approximate surface area is 176 Å². The highest BCUT2D eigenvalue weighted by Crippen LogP contribution is 2.42. The molecule has 0 radical (unpaired) electrons. The van der Waals surface area contributed by atoms with Gasteiger partial charge in [0.15, 0.2) is 0 Å². The minimum atomic E-state index is -3.48. The molecule has 0 unspecified atom stereocenters. The number of sulfonamides is 1.